The predicted molar refractivity (Wildman–Crippen MR) is 95.5 cm³/mol. The third-order valence-corrected chi connectivity index (χ3v) is 5.26. The van der Waals surface area contributed by atoms with E-state index in [0.29, 0.717) is 19.4 Å². The summed E-state index contributed by atoms with van der Waals surface area (Å²) in [5.74, 6) is 1.07. The first-order valence-electron chi connectivity index (χ1n) is 9.37. The van der Waals surface area contributed by atoms with Crippen LogP contribution >= 0.6 is 0 Å². The second kappa shape index (κ2) is 8.32. The summed E-state index contributed by atoms with van der Waals surface area (Å²) in [6.45, 7) is 1.49. The summed E-state index contributed by atoms with van der Waals surface area (Å²) >= 11 is 0. The van der Waals surface area contributed by atoms with Crippen LogP contribution < -0.4 is 5.32 Å². The van der Waals surface area contributed by atoms with Crippen LogP contribution in [0.15, 0.2) is 24.3 Å². The molecular formula is C20H28N2O2. The van der Waals surface area contributed by atoms with Gasteiger partial charge in [-0.1, -0.05) is 44.2 Å². The van der Waals surface area contributed by atoms with Crippen LogP contribution in [0.25, 0.3) is 0 Å². The molecule has 24 heavy (non-hydrogen) atoms. The number of nitrogens with one attached hydrogen (secondary N) is 1. The summed E-state index contributed by atoms with van der Waals surface area (Å²) < 4.78 is 0. The van der Waals surface area contributed by atoms with E-state index < -0.39 is 0 Å². The molecule has 1 aromatic rings. The van der Waals surface area contributed by atoms with Gasteiger partial charge in [0.1, 0.15) is 0 Å². The lowest BCUT2D eigenvalue weighted by atomic mass is 9.86. The van der Waals surface area contributed by atoms with Crippen molar-refractivity contribution < 1.29 is 9.59 Å². The van der Waals surface area contributed by atoms with Crippen LogP contribution in [0.3, 0.4) is 0 Å². The molecule has 1 saturated carbocycles. The Morgan fingerprint density at radius 1 is 1.17 bits per heavy atom. The lowest BCUT2D eigenvalue weighted by Gasteiger charge is -2.21. The molecule has 4 nitrogen and oxygen atoms in total. The van der Waals surface area contributed by atoms with Crippen LogP contribution in [0.2, 0.25) is 0 Å². The van der Waals surface area contributed by atoms with E-state index in [9.17, 15) is 9.59 Å². The number of rotatable bonds is 6. The second-order valence-electron chi connectivity index (χ2n) is 7.21. The number of anilines is 1. The largest absolute Gasteiger partial charge is 0.338 e. The smallest absolute Gasteiger partial charge is 0.224 e. The molecule has 130 valence electrons. The Balaban J connectivity index is 1.48. The Kier molecular flexibility index (Phi) is 5.89. The Hall–Kier alpha value is -1.84. The van der Waals surface area contributed by atoms with E-state index in [-0.39, 0.29) is 11.8 Å². The van der Waals surface area contributed by atoms with E-state index in [1.807, 2.05) is 29.2 Å². The third-order valence-electron chi connectivity index (χ3n) is 5.26. The maximum atomic E-state index is 12.2. The number of nitrogens with zero attached hydrogens (tertiary/aromatic N) is 1. The quantitative estimate of drug-likeness (QED) is 0.854. The molecule has 0 spiro atoms. The normalized spacial score (nSPS) is 18.8. The molecule has 0 unspecified atom stereocenters. The van der Waals surface area contributed by atoms with Crippen molar-refractivity contribution >= 4 is 17.5 Å². The van der Waals surface area contributed by atoms with Gasteiger partial charge in [-0.2, -0.15) is 0 Å². The topological polar surface area (TPSA) is 49.4 Å². The predicted octanol–water partition coefficient (Wildman–Crippen LogP) is 4.11. The number of likely N-dealkylation sites (tertiary alicyclic amines) is 1. The standard InChI is InChI=1S/C20H28N2O2/c23-19(12-11-16-6-2-1-3-7-16)21-18-9-4-8-17(14-18)15-22-13-5-10-20(22)24/h4,8-9,14,16H,1-3,5-7,10-13,15H2,(H,21,23). The van der Waals surface area contributed by atoms with Crippen molar-refractivity contribution in [3.05, 3.63) is 29.8 Å². The minimum atomic E-state index is 0.106. The number of hydrogen-bond donors (Lipinski definition) is 1. The van der Waals surface area contributed by atoms with E-state index in [4.69, 9.17) is 0 Å². The molecule has 3 rings (SSSR count). The Labute approximate surface area is 144 Å². The van der Waals surface area contributed by atoms with Crippen LogP contribution in [0.1, 0.15) is 63.4 Å². The van der Waals surface area contributed by atoms with Crippen molar-refractivity contribution in [2.24, 2.45) is 5.92 Å². The molecule has 0 radical (unpaired) electrons. The third kappa shape index (κ3) is 4.83. The van der Waals surface area contributed by atoms with Gasteiger partial charge in [-0.3, -0.25) is 9.59 Å². The molecule has 1 aliphatic carbocycles. The lowest BCUT2D eigenvalue weighted by molar-refractivity contribution is -0.128. The summed E-state index contributed by atoms with van der Waals surface area (Å²) in [5.41, 5.74) is 1.92. The molecule has 4 heteroatoms. The number of amides is 2. The number of hydrogen-bond acceptors (Lipinski definition) is 2. The van der Waals surface area contributed by atoms with Gasteiger partial charge >= 0.3 is 0 Å². The first kappa shape index (κ1) is 17.0. The average molecular weight is 328 g/mol. The molecular weight excluding hydrogens is 300 g/mol. The highest BCUT2D eigenvalue weighted by Crippen LogP contribution is 2.27. The Morgan fingerprint density at radius 2 is 2.00 bits per heavy atom. The number of carbonyl (C=O) groups excluding carboxylic acids is 2. The highest BCUT2D eigenvalue weighted by atomic mass is 16.2. The number of carbonyl (C=O) groups is 2. The summed E-state index contributed by atoms with van der Waals surface area (Å²) in [6.07, 6.45) is 9.81. The van der Waals surface area contributed by atoms with Gasteiger partial charge in [-0.05, 0) is 36.5 Å². The van der Waals surface area contributed by atoms with Gasteiger partial charge < -0.3 is 10.2 Å². The van der Waals surface area contributed by atoms with E-state index in [1.54, 1.807) is 0 Å². The summed E-state index contributed by atoms with van der Waals surface area (Å²) in [5, 5.41) is 3.02. The van der Waals surface area contributed by atoms with Crippen LogP contribution in [0, 0.1) is 5.92 Å². The van der Waals surface area contributed by atoms with Crippen LogP contribution in [0.5, 0.6) is 0 Å². The monoisotopic (exact) mass is 328 g/mol. The van der Waals surface area contributed by atoms with Crippen LogP contribution in [-0.2, 0) is 16.1 Å². The molecule has 2 amide bonds. The molecule has 0 bridgehead atoms. The fourth-order valence-electron chi connectivity index (χ4n) is 3.87. The maximum Gasteiger partial charge on any atom is 0.224 e. The lowest BCUT2D eigenvalue weighted by Crippen LogP contribution is -2.23. The van der Waals surface area contributed by atoms with Gasteiger partial charge in [0.15, 0.2) is 0 Å². The Morgan fingerprint density at radius 3 is 2.75 bits per heavy atom. The van der Waals surface area contributed by atoms with Crippen LogP contribution in [-0.4, -0.2) is 23.3 Å². The molecule has 1 saturated heterocycles. The SMILES string of the molecule is O=C(CCC1CCCCC1)Nc1cccc(CN2CCCC2=O)c1. The van der Waals surface area contributed by atoms with Crippen molar-refractivity contribution in [3.8, 4) is 0 Å². The molecule has 1 heterocycles. The van der Waals surface area contributed by atoms with Gasteiger partial charge in [-0.15, -0.1) is 0 Å². The van der Waals surface area contributed by atoms with Crippen molar-refractivity contribution in [1.29, 1.82) is 0 Å². The van der Waals surface area contributed by atoms with Crippen molar-refractivity contribution in [1.82, 2.24) is 4.90 Å². The zero-order chi connectivity index (χ0) is 16.8. The van der Waals surface area contributed by atoms with E-state index >= 15 is 0 Å². The van der Waals surface area contributed by atoms with Gasteiger partial charge in [0.2, 0.25) is 11.8 Å². The molecule has 0 atom stereocenters. The molecule has 2 aliphatic rings. The molecule has 1 aromatic carbocycles. The summed E-state index contributed by atoms with van der Waals surface area (Å²) in [4.78, 5) is 25.8. The zero-order valence-corrected chi connectivity index (χ0v) is 14.4. The second-order valence-corrected chi connectivity index (χ2v) is 7.21. The zero-order valence-electron chi connectivity index (χ0n) is 14.4. The van der Waals surface area contributed by atoms with Gasteiger partial charge in [0.05, 0.1) is 0 Å². The molecule has 2 fully saturated rings. The van der Waals surface area contributed by atoms with Crippen LogP contribution in [0.4, 0.5) is 5.69 Å². The molecule has 1 N–H and O–H groups in total. The fraction of sp³-hybridized carbons (Fsp3) is 0.600. The highest BCUT2D eigenvalue weighted by Gasteiger charge is 2.20. The van der Waals surface area contributed by atoms with E-state index in [2.05, 4.69) is 5.32 Å². The fourth-order valence-corrected chi connectivity index (χ4v) is 3.87. The molecule has 1 aliphatic heterocycles. The number of benzene rings is 1. The first-order valence-corrected chi connectivity index (χ1v) is 9.37. The van der Waals surface area contributed by atoms with E-state index in [1.165, 1.54) is 32.1 Å². The summed E-state index contributed by atoms with van der Waals surface area (Å²) in [7, 11) is 0. The van der Waals surface area contributed by atoms with E-state index in [0.717, 1.165) is 36.6 Å². The average Bonchev–Trinajstić information content (AvgIpc) is 2.99. The maximum absolute atomic E-state index is 12.2. The van der Waals surface area contributed by atoms with Crippen molar-refractivity contribution in [2.45, 2.75) is 64.3 Å². The minimum Gasteiger partial charge on any atom is -0.338 e. The first-order chi connectivity index (χ1) is 11.7. The van der Waals surface area contributed by atoms with Crippen molar-refractivity contribution in [2.75, 3.05) is 11.9 Å². The minimum absolute atomic E-state index is 0.106. The van der Waals surface area contributed by atoms with Gasteiger partial charge in [0.25, 0.3) is 0 Å². The van der Waals surface area contributed by atoms with Gasteiger partial charge in [0, 0.05) is 31.6 Å². The van der Waals surface area contributed by atoms with Gasteiger partial charge in [-0.25, -0.2) is 0 Å². The van der Waals surface area contributed by atoms with Crippen molar-refractivity contribution in [3.63, 3.8) is 0 Å². The highest BCUT2D eigenvalue weighted by molar-refractivity contribution is 5.90. The summed E-state index contributed by atoms with van der Waals surface area (Å²) in [6, 6.07) is 7.88. The Bertz CT molecular complexity index is 579. The molecule has 0 aromatic heterocycles.